The summed E-state index contributed by atoms with van der Waals surface area (Å²) in [7, 11) is 1.77. The molecule has 0 aliphatic carbocycles. The lowest BCUT2D eigenvalue weighted by atomic mass is 10.00. The van der Waals surface area contributed by atoms with Crippen LogP contribution < -0.4 is 0 Å². The van der Waals surface area contributed by atoms with E-state index in [2.05, 4.69) is 21.8 Å². The van der Waals surface area contributed by atoms with Gasteiger partial charge in [0.1, 0.15) is 5.82 Å². The van der Waals surface area contributed by atoms with Crippen LogP contribution >= 0.6 is 0 Å². The van der Waals surface area contributed by atoms with Crippen LogP contribution in [0.3, 0.4) is 0 Å². The van der Waals surface area contributed by atoms with Crippen molar-refractivity contribution in [1.29, 1.82) is 0 Å². The number of hydrogen-bond donors (Lipinski definition) is 1. The average molecular weight is 487 g/mol. The van der Waals surface area contributed by atoms with E-state index in [1.165, 1.54) is 0 Å². The van der Waals surface area contributed by atoms with Crippen molar-refractivity contribution in [2.45, 2.75) is 58.6 Å². The number of aromatic nitrogens is 6. The molecule has 186 valence electrons. The number of benzene rings is 1. The van der Waals surface area contributed by atoms with E-state index in [0.29, 0.717) is 28.0 Å². The molecule has 0 bridgehead atoms. The minimum atomic E-state index is -1.07. The molecule has 4 aromatic heterocycles. The summed E-state index contributed by atoms with van der Waals surface area (Å²) >= 11 is 0. The van der Waals surface area contributed by atoms with Gasteiger partial charge < -0.3 is 9.67 Å². The third-order valence-corrected chi connectivity index (χ3v) is 6.86. The number of aryl methyl sites for hydroxylation is 2. The number of hydrogen-bond acceptors (Lipinski definition) is 5. The molecule has 0 aliphatic rings. The molecule has 0 saturated heterocycles. The molecule has 0 aliphatic heterocycles. The van der Waals surface area contributed by atoms with E-state index in [1.54, 1.807) is 44.0 Å². The Morgan fingerprint density at radius 3 is 2.56 bits per heavy atom. The van der Waals surface area contributed by atoms with E-state index in [-0.39, 0.29) is 11.9 Å². The number of rotatable bonds is 7. The third kappa shape index (κ3) is 4.05. The van der Waals surface area contributed by atoms with E-state index < -0.39 is 5.60 Å². The maximum absolute atomic E-state index is 15.6. The molecule has 0 unspecified atom stereocenters. The fraction of sp³-hybridized carbons (Fsp3) is 0.357. The van der Waals surface area contributed by atoms with Crippen LogP contribution in [0.1, 0.15) is 63.0 Å². The highest BCUT2D eigenvalue weighted by Gasteiger charge is 2.26. The van der Waals surface area contributed by atoms with Crippen molar-refractivity contribution >= 4 is 21.9 Å². The minimum absolute atomic E-state index is 0.0888. The van der Waals surface area contributed by atoms with Crippen LogP contribution in [0.25, 0.3) is 33.2 Å². The van der Waals surface area contributed by atoms with Crippen molar-refractivity contribution in [3.05, 3.63) is 71.6 Å². The van der Waals surface area contributed by atoms with Crippen LogP contribution in [0.15, 0.2) is 48.8 Å². The van der Waals surface area contributed by atoms with Crippen LogP contribution in [0, 0.1) is 12.7 Å². The van der Waals surface area contributed by atoms with Crippen LogP contribution in [-0.2, 0) is 12.6 Å². The first-order valence-corrected chi connectivity index (χ1v) is 12.3. The van der Waals surface area contributed by atoms with Gasteiger partial charge in [0.15, 0.2) is 0 Å². The number of nitrogens with zero attached hydrogens (tertiary/aromatic N) is 6. The molecule has 0 spiro atoms. The summed E-state index contributed by atoms with van der Waals surface area (Å²) in [5, 5.41) is 19.7. The Hall–Kier alpha value is -3.65. The van der Waals surface area contributed by atoms with Gasteiger partial charge in [-0.3, -0.25) is 9.97 Å². The topological polar surface area (TPSA) is 81.7 Å². The molecule has 0 fully saturated rings. The number of fused-ring (bicyclic) bond motifs is 3. The molecule has 5 rings (SSSR count). The quantitative estimate of drug-likeness (QED) is 0.313. The third-order valence-electron chi connectivity index (χ3n) is 6.86. The van der Waals surface area contributed by atoms with Gasteiger partial charge in [0, 0.05) is 36.0 Å². The normalized spacial score (nSPS) is 13.1. The predicted octanol–water partition coefficient (Wildman–Crippen LogP) is 5.83. The second kappa shape index (κ2) is 9.09. The molecule has 4 heterocycles. The summed E-state index contributed by atoms with van der Waals surface area (Å²) < 4.78 is 19.4. The molecule has 1 N–H and O–H groups in total. The smallest absolute Gasteiger partial charge is 0.133 e. The lowest BCUT2D eigenvalue weighted by Gasteiger charge is -2.22. The van der Waals surface area contributed by atoms with Gasteiger partial charge in [-0.1, -0.05) is 31.0 Å². The molecule has 0 saturated carbocycles. The molecule has 36 heavy (non-hydrogen) atoms. The van der Waals surface area contributed by atoms with Crippen molar-refractivity contribution in [2.24, 2.45) is 7.05 Å². The summed E-state index contributed by atoms with van der Waals surface area (Å²) in [4.78, 5) is 9.43. The largest absolute Gasteiger partial charge is 0.386 e. The maximum Gasteiger partial charge on any atom is 0.133 e. The van der Waals surface area contributed by atoms with Crippen molar-refractivity contribution in [3.63, 3.8) is 0 Å². The first-order valence-electron chi connectivity index (χ1n) is 12.3. The van der Waals surface area contributed by atoms with Gasteiger partial charge in [-0.15, -0.1) is 5.10 Å². The molecule has 1 aromatic carbocycles. The minimum Gasteiger partial charge on any atom is -0.386 e. The van der Waals surface area contributed by atoms with Crippen LogP contribution in [0.5, 0.6) is 0 Å². The Morgan fingerprint density at radius 1 is 1.11 bits per heavy atom. The summed E-state index contributed by atoms with van der Waals surface area (Å²) in [6.07, 6.45) is 6.37. The predicted molar refractivity (Wildman–Crippen MR) is 139 cm³/mol. The molecular formula is C28H31FN6O. The molecule has 0 amide bonds. The van der Waals surface area contributed by atoms with E-state index in [1.807, 2.05) is 37.3 Å². The monoisotopic (exact) mass is 486 g/mol. The highest BCUT2D eigenvalue weighted by molar-refractivity contribution is 6.07. The fourth-order valence-electron chi connectivity index (χ4n) is 4.99. The van der Waals surface area contributed by atoms with E-state index in [4.69, 9.17) is 9.97 Å². The molecule has 1 atom stereocenters. The first kappa shape index (κ1) is 24.1. The number of aliphatic hydroxyl groups is 1. The zero-order valence-electron chi connectivity index (χ0n) is 21.3. The molecule has 7 nitrogen and oxygen atoms in total. The van der Waals surface area contributed by atoms with Crippen molar-refractivity contribution in [3.8, 4) is 11.3 Å². The maximum atomic E-state index is 15.6. The molecule has 8 heteroatoms. The first-order chi connectivity index (χ1) is 17.2. The average Bonchev–Trinajstić information content (AvgIpc) is 3.34. The lowest BCUT2D eigenvalue weighted by Crippen LogP contribution is -2.17. The Labute approximate surface area is 209 Å². The zero-order valence-corrected chi connectivity index (χ0v) is 21.3. The number of halogens is 1. The Kier molecular flexibility index (Phi) is 6.08. The summed E-state index contributed by atoms with van der Waals surface area (Å²) in [6, 6.07) is 11.3. The van der Waals surface area contributed by atoms with Gasteiger partial charge in [0.2, 0.25) is 0 Å². The van der Waals surface area contributed by atoms with Gasteiger partial charge in [-0.25, -0.2) is 9.07 Å². The summed E-state index contributed by atoms with van der Waals surface area (Å²) in [6.45, 7) is 7.48. The van der Waals surface area contributed by atoms with Gasteiger partial charge in [-0.05, 0) is 57.5 Å². The lowest BCUT2D eigenvalue weighted by molar-refractivity contribution is 0.0784. The fourth-order valence-corrected chi connectivity index (χ4v) is 4.99. The molecule has 0 radical (unpaired) electrons. The SMILES string of the molecule is CCCC[C@H](c1ccccn1)n1c2cc(-c3c(C)nnn3C)c(F)cc2c2ncc(C(C)(C)O)cc21. The summed E-state index contributed by atoms with van der Waals surface area (Å²) in [5.74, 6) is -0.355. The molecular weight excluding hydrogens is 455 g/mol. The Bertz CT molecular complexity index is 1530. The summed E-state index contributed by atoms with van der Waals surface area (Å²) in [5.41, 5.74) is 4.69. The number of pyridine rings is 2. The van der Waals surface area contributed by atoms with E-state index in [9.17, 15) is 5.11 Å². The number of unbranched alkanes of at least 4 members (excludes halogenated alkanes) is 1. The van der Waals surface area contributed by atoms with Crippen LogP contribution in [-0.4, -0.2) is 34.6 Å². The van der Waals surface area contributed by atoms with Crippen molar-refractivity contribution in [1.82, 2.24) is 29.5 Å². The second-order valence-electron chi connectivity index (χ2n) is 9.93. The Morgan fingerprint density at radius 2 is 1.92 bits per heavy atom. The highest BCUT2D eigenvalue weighted by atomic mass is 19.1. The van der Waals surface area contributed by atoms with Crippen molar-refractivity contribution < 1.29 is 9.50 Å². The van der Waals surface area contributed by atoms with E-state index in [0.717, 1.165) is 41.4 Å². The van der Waals surface area contributed by atoms with Gasteiger partial charge in [0.05, 0.1) is 45.3 Å². The standard InChI is InChI=1S/C28H31FN6O/c1-6-7-11-23(22-10-8-9-12-30-22)35-24-15-19(27-17(2)32-33-34(27)5)21(29)14-20(24)26-25(35)13-18(16-31-26)28(3,4)36/h8-10,12-16,23,36H,6-7,11H2,1-5H3/t23-/m1/s1. The van der Waals surface area contributed by atoms with E-state index >= 15 is 4.39 Å². The van der Waals surface area contributed by atoms with Crippen molar-refractivity contribution in [2.75, 3.05) is 0 Å². The van der Waals surface area contributed by atoms with Gasteiger partial charge in [0.25, 0.3) is 0 Å². The van der Waals surface area contributed by atoms with Crippen LogP contribution in [0.4, 0.5) is 4.39 Å². The van der Waals surface area contributed by atoms with Gasteiger partial charge >= 0.3 is 0 Å². The second-order valence-corrected chi connectivity index (χ2v) is 9.93. The highest BCUT2D eigenvalue weighted by Crippen LogP contribution is 2.39. The van der Waals surface area contributed by atoms with Gasteiger partial charge in [-0.2, -0.15) is 0 Å². The zero-order chi connectivity index (χ0) is 25.6. The Balaban J connectivity index is 1.89. The molecule has 5 aromatic rings. The van der Waals surface area contributed by atoms with Crippen LogP contribution in [0.2, 0.25) is 0 Å².